The van der Waals surface area contributed by atoms with Gasteiger partial charge in [-0.1, -0.05) is 24.3 Å². The predicted octanol–water partition coefficient (Wildman–Crippen LogP) is 2.31. The molecule has 1 amide bonds. The van der Waals surface area contributed by atoms with Crippen molar-refractivity contribution in [1.29, 1.82) is 0 Å². The Labute approximate surface area is 178 Å². The number of carbonyl (C=O) groups excluding carboxylic acids is 1. The number of rotatable bonds is 8. The number of para-hydroxylation sites is 1. The minimum atomic E-state index is -3.94. The van der Waals surface area contributed by atoms with Gasteiger partial charge in [0.1, 0.15) is 0 Å². The van der Waals surface area contributed by atoms with Crippen LogP contribution in [0.25, 0.3) is 0 Å². The summed E-state index contributed by atoms with van der Waals surface area (Å²) in [5, 5.41) is 2.75. The maximum Gasteiger partial charge on any atom is 0.240 e. The van der Waals surface area contributed by atoms with Gasteiger partial charge in [0.15, 0.2) is 0 Å². The summed E-state index contributed by atoms with van der Waals surface area (Å²) in [6.45, 7) is 5.12. The zero-order valence-electron chi connectivity index (χ0n) is 17.7. The van der Waals surface area contributed by atoms with Crippen LogP contribution in [0.1, 0.15) is 23.1 Å². The quantitative estimate of drug-likeness (QED) is 0.637. The van der Waals surface area contributed by atoms with E-state index in [9.17, 15) is 21.6 Å². The van der Waals surface area contributed by atoms with Crippen molar-refractivity contribution in [3.63, 3.8) is 0 Å². The number of nitrogens with one attached hydrogen (secondary N) is 2. The molecule has 0 unspecified atom stereocenters. The van der Waals surface area contributed by atoms with Crippen molar-refractivity contribution < 1.29 is 21.6 Å². The van der Waals surface area contributed by atoms with Crippen LogP contribution >= 0.6 is 0 Å². The van der Waals surface area contributed by atoms with E-state index in [0.717, 1.165) is 16.1 Å². The zero-order valence-corrected chi connectivity index (χ0v) is 19.3. The van der Waals surface area contributed by atoms with Crippen molar-refractivity contribution in [1.82, 2.24) is 4.72 Å². The molecular weight excluding hydrogens is 426 g/mol. The summed E-state index contributed by atoms with van der Waals surface area (Å²) < 4.78 is 52.7. The summed E-state index contributed by atoms with van der Waals surface area (Å²) in [4.78, 5) is 12.1. The summed E-state index contributed by atoms with van der Waals surface area (Å²) in [6, 6.07) is 10.3. The molecule has 8 nitrogen and oxygen atoms in total. The second-order valence-electron chi connectivity index (χ2n) is 7.15. The van der Waals surface area contributed by atoms with Gasteiger partial charge in [-0.05, 0) is 49.6 Å². The lowest BCUT2D eigenvalue weighted by atomic mass is 10.1. The van der Waals surface area contributed by atoms with Gasteiger partial charge in [0, 0.05) is 25.7 Å². The van der Waals surface area contributed by atoms with Crippen LogP contribution < -0.4 is 14.3 Å². The Morgan fingerprint density at radius 2 is 1.60 bits per heavy atom. The molecule has 0 aliphatic carbocycles. The van der Waals surface area contributed by atoms with E-state index in [1.165, 1.54) is 13.1 Å². The van der Waals surface area contributed by atoms with Crippen LogP contribution in [0.3, 0.4) is 0 Å². The first-order chi connectivity index (χ1) is 13.8. The molecule has 0 spiro atoms. The van der Waals surface area contributed by atoms with Crippen LogP contribution in [0.15, 0.2) is 41.3 Å². The van der Waals surface area contributed by atoms with Gasteiger partial charge in [-0.2, -0.15) is 0 Å². The van der Waals surface area contributed by atoms with Crippen LogP contribution in [0.4, 0.5) is 11.4 Å². The first-order valence-corrected chi connectivity index (χ1v) is 12.6. The van der Waals surface area contributed by atoms with E-state index in [4.69, 9.17) is 0 Å². The number of aryl methyl sites for hydroxylation is 3. The molecule has 0 fully saturated rings. The fourth-order valence-corrected chi connectivity index (χ4v) is 4.76. The number of carbonyl (C=O) groups is 1. The van der Waals surface area contributed by atoms with Crippen molar-refractivity contribution in [3.8, 4) is 0 Å². The van der Waals surface area contributed by atoms with Gasteiger partial charge in [-0.15, -0.1) is 0 Å². The maximum absolute atomic E-state index is 12.8. The van der Waals surface area contributed by atoms with E-state index in [-0.39, 0.29) is 29.5 Å². The average Bonchev–Trinajstić information content (AvgIpc) is 2.62. The van der Waals surface area contributed by atoms with Crippen LogP contribution in [-0.2, 0) is 24.8 Å². The van der Waals surface area contributed by atoms with E-state index in [2.05, 4.69) is 10.0 Å². The largest absolute Gasteiger partial charge is 0.326 e. The number of benzene rings is 2. The lowest BCUT2D eigenvalue weighted by molar-refractivity contribution is -0.116. The highest BCUT2D eigenvalue weighted by atomic mass is 32.2. The lowest BCUT2D eigenvalue weighted by Crippen LogP contribution is -2.29. The molecule has 2 aromatic rings. The van der Waals surface area contributed by atoms with Crippen molar-refractivity contribution in [2.45, 2.75) is 32.1 Å². The second kappa shape index (κ2) is 9.15. The molecule has 0 radical (unpaired) electrons. The number of anilines is 2. The van der Waals surface area contributed by atoms with Crippen LogP contribution in [0.2, 0.25) is 0 Å². The highest BCUT2D eigenvalue weighted by molar-refractivity contribution is 7.92. The van der Waals surface area contributed by atoms with Gasteiger partial charge in [0.25, 0.3) is 0 Å². The Kier molecular flexibility index (Phi) is 7.27. The van der Waals surface area contributed by atoms with E-state index >= 15 is 0 Å². The fourth-order valence-electron chi connectivity index (χ4n) is 2.93. The zero-order chi connectivity index (χ0) is 22.7. The summed E-state index contributed by atoms with van der Waals surface area (Å²) in [5.41, 5.74) is 2.98. The number of hydrogen-bond donors (Lipinski definition) is 2. The molecule has 164 valence electrons. The normalized spacial score (nSPS) is 11.9. The molecule has 2 aromatic carbocycles. The Balaban J connectivity index is 2.14. The van der Waals surface area contributed by atoms with Gasteiger partial charge >= 0.3 is 0 Å². The first kappa shape index (κ1) is 23.8. The number of hydrogen-bond acceptors (Lipinski definition) is 5. The summed E-state index contributed by atoms with van der Waals surface area (Å²) >= 11 is 0. The summed E-state index contributed by atoms with van der Waals surface area (Å²) in [7, 11) is -6.12. The van der Waals surface area contributed by atoms with Crippen LogP contribution in [-0.4, -0.2) is 42.6 Å². The third kappa shape index (κ3) is 5.80. The standard InChI is InChI=1S/C20H27N3O5S2/c1-14-8-6-7-9-17(14)22-20(24)10-11-21-30(27,28)19-13-18(15(2)12-16(19)3)23(4)29(5,25)26/h6-9,12-13,21H,10-11H2,1-5H3,(H,22,24). The maximum atomic E-state index is 12.8. The lowest BCUT2D eigenvalue weighted by Gasteiger charge is -2.21. The molecule has 30 heavy (non-hydrogen) atoms. The van der Waals surface area contributed by atoms with Gasteiger partial charge in [0.05, 0.1) is 16.8 Å². The molecule has 2 N–H and O–H groups in total. The minimum Gasteiger partial charge on any atom is -0.326 e. The summed E-state index contributed by atoms with van der Waals surface area (Å²) in [5.74, 6) is -0.315. The molecule has 0 bridgehead atoms. The van der Waals surface area contributed by atoms with E-state index in [1.807, 2.05) is 19.1 Å². The topological polar surface area (TPSA) is 113 Å². The number of amides is 1. The Morgan fingerprint density at radius 3 is 2.20 bits per heavy atom. The molecule has 0 saturated heterocycles. The van der Waals surface area contributed by atoms with E-state index in [1.54, 1.807) is 32.0 Å². The molecule has 0 aliphatic heterocycles. The Morgan fingerprint density at radius 1 is 0.967 bits per heavy atom. The smallest absolute Gasteiger partial charge is 0.240 e. The van der Waals surface area contributed by atoms with E-state index in [0.29, 0.717) is 16.8 Å². The Bertz CT molecular complexity index is 1160. The van der Waals surface area contributed by atoms with Gasteiger partial charge < -0.3 is 5.32 Å². The molecule has 0 aliphatic rings. The SMILES string of the molecule is Cc1ccccc1NC(=O)CCNS(=O)(=O)c1cc(N(C)S(C)(=O)=O)c(C)cc1C. The summed E-state index contributed by atoms with van der Waals surface area (Å²) in [6.07, 6.45) is 1.00. The number of nitrogens with zero attached hydrogens (tertiary/aromatic N) is 1. The van der Waals surface area contributed by atoms with Gasteiger partial charge in [0.2, 0.25) is 26.0 Å². The van der Waals surface area contributed by atoms with Crippen molar-refractivity contribution in [3.05, 3.63) is 53.1 Å². The predicted molar refractivity (Wildman–Crippen MR) is 119 cm³/mol. The van der Waals surface area contributed by atoms with E-state index < -0.39 is 20.0 Å². The highest BCUT2D eigenvalue weighted by Crippen LogP contribution is 2.28. The molecule has 0 heterocycles. The Hall–Kier alpha value is -2.43. The van der Waals surface area contributed by atoms with Gasteiger partial charge in [-0.3, -0.25) is 9.10 Å². The van der Waals surface area contributed by atoms with Gasteiger partial charge in [-0.25, -0.2) is 21.6 Å². The molecule has 0 atom stereocenters. The molecular formula is C20H27N3O5S2. The fraction of sp³-hybridized carbons (Fsp3) is 0.350. The van der Waals surface area contributed by atoms with Crippen LogP contribution in [0.5, 0.6) is 0 Å². The third-order valence-corrected chi connectivity index (χ3v) is 7.48. The molecule has 0 saturated carbocycles. The third-order valence-electron chi connectivity index (χ3n) is 4.68. The minimum absolute atomic E-state index is 0.0297. The highest BCUT2D eigenvalue weighted by Gasteiger charge is 2.22. The van der Waals surface area contributed by atoms with Crippen molar-refractivity contribution in [2.24, 2.45) is 0 Å². The number of sulfonamides is 2. The molecule has 2 rings (SSSR count). The molecule has 10 heteroatoms. The first-order valence-electron chi connectivity index (χ1n) is 9.23. The monoisotopic (exact) mass is 453 g/mol. The van der Waals surface area contributed by atoms with Crippen molar-refractivity contribution >= 4 is 37.3 Å². The van der Waals surface area contributed by atoms with Crippen molar-refractivity contribution in [2.75, 3.05) is 29.5 Å². The molecule has 0 aromatic heterocycles. The van der Waals surface area contributed by atoms with Crippen LogP contribution in [0, 0.1) is 20.8 Å². The second-order valence-corrected chi connectivity index (χ2v) is 10.9. The average molecular weight is 454 g/mol.